The number of carboxylic acid groups (broad SMARTS) is 1. The molecule has 4 rings (SSSR count). The predicted molar refractivity (Wildman–Crippen MR) is 101 cm³/mol. The summed E-state index contributed by atoms with van der Waals surface area (Å²) in [6.45, 7) is 0. The third-order valence-electron chi connectivity index (χ3n) is 4.65. The molecule has 0 aliphatic carbocycles. The van der Waals surface area contributed by atoms with E-state index in [0.717, 1.165) is 0 Å². The Morgan fingerprint density at radius 2 is 1.79 bits per heavy atom. The molecule has 3 aromatic rings. The third-order valence-corrected chi connectivity index (χ3v) is 6.18. The molecule has 7 nitrogen and oxygen atoms in total. The zero-order valence-electron chi connectivity index (χ0n) is 14.5. The van der Waals surface area contributed by atoms with E-state index < -0.39 is 22.0 Å². The normalized spacial score (nSPS) is 14.1. The molecule has 1 amide bonds. The van der Waals surface area contributed by atoms with Crippen LogP contribution in [0.1, 0.15) is 15.9 Å². The maximum Gasteiger partial charge on any atom is 0.256 e. The average Bonchev–Trinajstić information content (AvgIpc) is 2.99. The number of benzene rings is 3. The Balaban J connectivity index is 1.73. The molecule has 0 saturated carbocycles. The van der Waals surface area contributed by atoms with Crippen molar-refractivity contribution in [3.05, 3.63) is 71.8 Å². The molecule has 0 fully saturated rings. The fourth-order valence-corrected chi connectivity index (χ4v) is 4.76. The molecule has 0 bridgehead atoms. The molecule has 1 aliphatic rings. The lowest BCUT2D eigenvalue weighted by Crippen LogP contribution is -2.49. The van der Waals surface area contributed by atoms with Crippen LogP contribution in [0.25, 0.3) is 10.8 Å². The fourth-order valence-electron chi connectivity index (χ4n) is 3.37. The number of hydrogen-bond donors (Lipinski definition) is 2. The van der Waals surface area contributed by atoms with Gasteiger partial charge >= 0.3 is 0 Å². The number of sulfonamides is 1. The molecule has 1 atom stereocenters. The highest BCUT2D eigenvalue weighted by Gasteiger charge is 2.28. The van der Waals surface area contributed by atoms with Crippen LogP contribution in [-0.2, 0) is 21.2 Å². The molecular weight excluding hydrogens is 380 g/mol. The van der Waals surface area contributed by atoms with Gasteiger partial charge in [-0.15, -0.1) is 0 Å². The number of hydrogen-bond acceptors (Lipinski definition) is 5. The minimum atomic E-state index is -4.18. The Morgan fingerprint density at radius 3 is 2.50 bits per heavy atom. The van der Waals surface area contributed by atoms with E-state index in [1.54, 1.807) is 48.5 Å². The van der Waals surface area contributed by atoms with Crippen LogP contribution in [0.2, 0.25) is 0 Å². The van der Waals surface area contributed by atoms with Crippen LogP contribution in [0.5, 0.6) is 0 Å². The third kappa shape index (κ3) is 3.12. The smallest absolute Gasteiger partial charge is 0.256 e. The molecule has 2 N–H and O–H groups in total. The molecule has 8 heteroatoms. The van der Waals surface area contributed by atoms with E-state index in [1.807, 2.05) is 0 Å². The number of nitrogens with one attached hydrogen (secondary N) is 2. The summed E-state index contributed by atoms with van der Waals surface area (Å²) in [7, 11) is -4.18. The molecule has 0 aromatic heterocycles. The van der Waals surface area contributed by atoms with Gasteiger partial charge in [-0.25, -0.2) is 13.1 Å². The minimum Gasteiger partial charge on any atom is -0.548 e. The summed E-state index contributed by atoms with van der Waals surface area (Å²) in [5.74, 6) is -1.82. The predicted octanol–water partition coefficient (Wildman–Crippen LogP) is 1.04. The first-order valence-corrected chi connectivity index (χ1v) is 9.99. The highest BCUT2D eigenvalue weighted by Crippen LogP contribution is 2.36. The lowest BCUT2D eigenvalue weighted by atomic mass is 10.1. The van der Waals surface area contributed by atoms with Crippen molar-refractivity contribution < 1.29 is 23.1 Å². The van der Waals surface area contributed by atoms with Crippen LogP contribution in [-0.4, -0.2) is 26.3 Å². The first-order valence-electron chi connectivity index (χ1n) is 8.51. The monoisotopic (exact) mass is 395 g/mol. The van der Waals surface area contributed by atoms with E-state index >= 15 is 0 Å². The van der Waals surface area contributed by atoms with Gasteiger partial charge in [0, 0.05) is 22.0 Å². The number of carbonyl (C=O) groups excluding carboxylic acids is 2. The second-order valence-corrected chi connectivity index (χ2v) is 8.16. The SMILES string of the molecule is O=C1Nc2ccc(S(=O)(=O)N[C@H](Cc3ccccc3)C(=O)[O-])c3cccc1c23. The van der Waals surface area contributed by atoms with Crippen LogP contribution >= 0.6 is 0 Å². The van der Waals surface area contributed by atoms with Crippen molar-refractivity contribution >= 4 is 38.4 Å². The van der Waals surface area contributed by atoms with E-state index in [0.29, 0.717) is 27.6 Å². The van der Waals surface area contributed by atoms with Gasteiger partial charge in [0.25, 0.3) is 5.91 Å². The highest BCUT2D eigenvalue weighted by atomic mass is 32.2. The Morgan fingerprint density at radius 1 is 1.04 bits per heavy atom. The first-order chi connectivity index (χ1) is 13.4. The van der Waals surface area contributed by atoms with Gasteiger partial charge in [-0.3, -0.25) is 4.79 Å². The summed E-state index contributed by atoms with van der Waals surface area (Å²) >= 11 is 0. The quantitative estimate of drug-likeness (QED) is 0.647. The average molecular weight is 395 g/mol. The summed E-state index contributed by atoms with van der Waals surface area (Å²) < 4.78 is 28.2. The van der Waals surface area contributed by atoms with Crippen molar-refractivity contribution in [1.82, 2.24) is 4.72 Å². The van der Waals surface area contributed by atoms with Gasteiger partial charge < -0.3 is 15.2 Å². The van der Waals surface area contributed by atoms with Crippen molar-refractivity contribution in [3.63, 3.8) is 0 Å². The second kappa shape index (κ2) is 6.74. The Hall–Kier alpha value is -3.23. The van der Waals surface area contributed by atoms with Crippen molar-refractivity contribution in [1.29, 1.82) is 0 Å². The van der Waals surface area contributed by atoms with Crippen LogP contribution in [0, 0.1) is 0 Å². The summed E-state index contributed by atoms with van der Waals surface area (Å²) in [5, 5.41) is 15.1. The first kappa shape index (κ1) is 18.1. The largest absolute Gasteiger partial charge is 0.548 e. The van der Waals surface area contributed by atoms with E-state index in [4.69, 9.17) is 0 Å². The van der Waals surface area contributed by atoms with Gasteiger partial charge in [-0.05, 0) is 30.2 Å². The van der Waals surface area contributed by atoms with Crippen molar-refractivity contribution in [2.24, 2.45) is 0 Å². The Labute approximate surface area is 161 Å². The molecule has 28 heavy (non-hydrogen) atoms. The minimum absolute atomic E-state index is 0.0519. The van der Waals surface area contributed by atoms with E-state index in [-0.39, 0.29) is 17.2 Å². The standard InChI is InChI=1S/C20H16N2O5S/c23-19-14-8-4-7-13-17(10-9-15(21-19)18(13)14)28(26,27)22-16(20(24)25)11-12-5-2-1-3-6-12/h1-10,16,22H,11H2,(H,21,23)(H,24,25)/p-1/t16-/m1/s1. The maximum absolute atomic E-state index is 13.0. The maximum atomic E-state index is 13.0. The van der Waals surface area contributed by atoms with E-state index in [9.17, 15) is 23.1 Å². The lowest BCUT2D eigenvalue weighted by molar-refractivity contribution is -0.307. The van der Waals surface area contributed by atoms with E-state index in [1.165, 1.54) is 12.1 Å². The number of aliphatic carboxylic acids is 1. The van der Waals surface area contributed by atoms with Crippen molar-refractivity contribution in [2.75, 3.05) is 5.32 Å². The van der Waals surface area contributed by atoms with E-state index in [2.05, 4.69) is 10.0 Å². The van der Waals surface area contributed by atoms with Crippen LogP contribution in [0.4, 0.5) is 5.69 Å². The molecule has 1 aliphatic heterocycles. The molecule has 0 radical (unpaired) electrons. The summed E-state index contributed by atoms with van der Waals surface area (Å²) in [6, 6.07) is 14.9. The Kier molecular flexibility index (Phi) is 4.37. The summed E-state index contributed by atoms with van der Waals surface area (Å²) in [4.78, 5) is 23.5. The topological polar surface area (TPSA) is 115 Å². The fraction of sp³-hybridized carbons (Fsp3) is 0.100. The molecule has 3 aromatic carbocycles. The van der Waals surface area contributed by atoms with Crippen LogP contribution < -0.4 is 15.1 Å². The van der Waals surface area contributed by atoms with Crippen molar-refractivity contribution in [2.45, 2.75) is 17.4 Å². The molecular formula is C20H15N2O5S-. The molecule has 1 heterocycles. The van der Waals surface area contributed by atoms with Gasteiger partial charge in [0.1, 0.15) is 0 Å². The molecule has 0 saturated heterocycles. The zero-order chi connectivity index (χ0) is 19.9. The number of carbonyl (C=O) groups is 2. The van der Waals surface area contributed by atoms with Gasteiger partial charge in [0.2, 0.25) is 10.0 Å². The van der Waals surface area contributed by atoms with Gasteiger partial charge in [-0.1, -0.05) is 42.5 Å². The molecule has 0 unspecified atom stereocenters. The van der Waals surface area contributed by atoms with Gasteiger partial charge in [0.15, 0.2) is 0 Å². The Bertz CT molecular complexity index is 1210. The van der Waals surface area contributed by atoms with Crippen molar-refractivity contribution in [3.8, 4) is 0 Å². The van der Waals surface area contributed by atoms with Crippen LogP contribution in [0.3, 0.4) is 0 Å². The second-order valence-electron chi connectivity index (χ2n) is 6.48. The summed E-state index contributed by atoms with van der Waals surface area (Å²) in [5.41, 5.74) is 1.56. The number of carboxylic acids is 1. The number of amides is 1. The zero-order valence-corrected chi connectivity index (χ0v) is 15.3. The van der Waals surface area contributed by atoms with Crippen LogP contribution in [0.15, 0.2) is 65.6 Å². The lowest BCUT2D eigenvalue weighted by Gasteiger charge is -2.20. The molecule has 0 spiro atoms. The highest BCUT2D eigenvalue weighted by molar-refractivity contribution is 7.89. The number of anilines is 1. The van der Waals surface area contributed by atoms with Gasteiger partial charge in [0.05, 0.1) is 16.9 Å². The number of rotatable bonds is 6. The summed E-state index contributed by atoms with van der Waals surface area (Å²) in [6.07, 6.45) is -0.0519. The molecule has 142 valence electrons. The van der Waals surface area contributed by atoms with Gasteiger partial charge in [-0.2, -0.15) is 0 Å².